The van der Waals surface area contributed by atoms with Gasteiger partial charge in [-0.15, -0.1) is 5.92 Å². The lowest BCUT2D eigenvalue weighted by atomic mass is 9.48. The van der Waals surface area contributed by atoms with Crippen molar-refractivity contribution in [2.24, 2.45) is 29.1 Å². The van der Waals surface area contributed by atoms with E-state index in [9.17, 15) is 10.2 Å². The summed E-state index contributed by atoms with van der Waals surface area (Å²) < 4.78 is 12.3. The van der Waals surface area contributed by atoms with Gasteiger partial charge in [-0.1, -0.05) is 37.7 Å². The van der Waals surface area contributed by atoms with E-state index in [0.717, 1.165) is 51.0 Å². The molecule has 5 heteroatoms. The fraction of sp³-hybridized carbons (Fsp3) is 0.889. The molecule has 2 N–H and O–H groups in total. The van der Waals surface area contributed by atoms with Gasteiger partial charge in [0, 0.05) is 30.3 Å². The zero-order valence-corrected chi connectivity index (χ0v) is 26.1. The van der Waals surface area contributed by atoms with E-state index in [4.69, 9.17) is 9.47 Å². The summed E-state index contributed by atoms with van der Waals surface area (Å²) in [5.74, 6) is 7.84. The molecule has 0 aromatic carbocycles. The normalized spacial score (nSPS) is 46.1. The Kier molecular flexibility index (Phi) is 7.47. The Morgan fingerprint density at radius 2 is 1.54 bits per heavy atom. The van der Waals surface area contributed by atoms with Crippen LogP contribution in [0.1, 0.15) is 123 Å². The van der Waals surface area contributed by atoms with Gasteiger partial charge in [0.15, 0.2) is 5.79 Å². The number of hydrogen-bond acceptors (Lipinski definition) is 5. The molecular weight excluding hydrogens is 510 g/mol. The number of aliphatic hydroxyl groups is 2. The third kappa shape index (κ3) is 4.61. The summed E-state index contributed by atoms with van der Waals surface area (Å²) in [6.45, 7) is 5.55. The van der Waals surface area contributed by atoms with E-state index in [1.54, 1.807) is 5.57 Å². The molecule has 1 spiro atoms. The van der Waals surface area contributed by atoms with Crippen molar-refractivity contribution in [2.75, 3.05) is 20.3 Å². The van der Waals surface area contributed by atoms with Crippen molar-refractivity contribution in [3.8, 4) is 11.8 Å². The van der Waals surface area contributed by atoms with Crippen LogP contribution in [-0.2, 0) is 9.47 Å². The summed E-state index contributed by atoms with van der Waals surface area (Å²) >= 11 is 0. The molecule has 1 aliphatic heterocycles. The predicted octanol–water partition coefficient (Wildman–Crippen LogP) is 6.37. The van der Waals surface area contributed by atoms with Crippen LogP contribution in [0.15, 0.2) is 11.1 Å². The average molecular weight is 566 g/mol. The predicted molar refractivity (Wildman–Crippen MR) is 161 cm³/mol. The highest BCUT2D eigenvalue weighted by Crippen LogP contribution is 2.67. The third-order valence-electron chi connectivity index (χ3n) is 13.8. The number of allylic oxidation sites excluding steroid dienone is 1. The molecule has 0 bridgehead atoms. The van der Waals surface area contributed by atoms with Crippen LogP contribution < -0.4 is 0 Å². The quantitative estimate of drug-likeness (QED) is 0.308. The zero-order valence-electron chi connectivity index (χ0n) is 26.1. The fourth-order valence-corrected chi connectivity index (χ4v) is 11.6. The number of rotatable bonds is 3. The monoisotopic (exact) mass is 565 g/mol. The van der Waals surface area contributed by atoms with Crippen LogP contribution in [0, 0.1) is 40.9 Å². The first-order valence-electron chi connectivity index (χ1n) is 17.3. The molecular formula is C36H55NO4. The van der Waals surface area contributed by atoms with Crippen molar-refractivity contribution in [1.82, 2.24) is 4.90 Å². The molecule has 5 saturated carbocycles. The van der Waals surface area contributed by atoms with Gasteiger partial charge in [-0.2, -0.15) is 0 Å². The number of ether oxygens (including phenoxy) is 2. The summed E-state index contributed by atoms with van der Waals surface area (Å²) in [5.41, 5.74) is 1.08. The molecule has 6 unspecified atom stereocenters. The van der Waals surface area contributed by atoms with Crippen molar-refractivity contribution in [3.63, 3.8) is 0 Å². The highest BCUT2D eigenvalue weighted by molar-refractivity contribution is 5.39. The van der Waals surface area contributed by atoms with Gasteiger partial charge in [-0.05, 0) is 120 Å². The Morgan fingerprint density at radius 1 is 0.829 bits per heavy atom. The van der Waals surface area contributed by atoms with Gasteiger partial charge < -0.3 is 24.6 Å². The molecule has 0 aromatic rings. The van der Waals surface area contributed by atoms with Gasteiger partial charge in [0.25, 0.3) is 0 Å². The molecule has 6 fully saturated rings. The lowest BCUT2D eigenvalue weighted by Gasteiger charge is -2.58. The fourth-order valence-electron chi connectivity index (χ4n) is 11.6. The van der Waals surface area contributed by atoms with E-state index in [1.165, 1.54) is 63.4 Å². The Labute approximate surface area is 248 Å². The molecule has 5 nitrogen and oxygen atoms in total. The number of fused-ring (bicyclic) bond motifs is 4. The maximum atomic E-state index is 12.3. The van der Waals surface area contributed by atoms with Crippen molar-refractivity contribution >= 4 is 0 Å². The minimum Gasteiger partial charge on any atom is -0.385 e. The maximum absolute atomic E-state index is 12.3. The molecule has 7 rings (SSSR count). The molecule has 228 valence electrons. The molecule has 7 aliphatic rings. The summed E-state index contributed by atoms with van der Waals surface area (Å²) in [6, 6.07) is 1.48. The average Bonchev–Trinajstić information content (AvgIpc) is 3.53. The lowest BCUT2D eigenvalue weighted by Crippen LogP contribution is -2.56. The van der Waals surface area contributed by atoms with Gasteiger partial charge in [-0.3, -0.25) is 0 Å². The zero-order chi connectivity index (χ0) is 28.5. The highest BCUT2D eigenvalue weighted by Gasteiger charge is 2.65. The van der Waals surface area contributed by atoms with Crippen molar-refractivity contribution < 1.29 is 19.7 Å². The van der Waals surface area contributed by atoms with Crippen LogP contribution in [0.5, 0.6) is 0 Å². The summed E-state index contributed by atoms with van der Waals surface area (Å²) in [5, 5.41) is 24.4. The van der Waals surface area contributed by atoms with Gasteiger partial charge in [0.05, 0.1) is 18.8 Å². The second kappa shape index (κ2) is 10.6. The van der Waals surface area contributed by atoms with Crippen LogP contribution in [0.2, 0.25) is 0 Å². The first-order valence-corrected chi connectivity index (χ1v) is 17.3. The van der Waals surface area contributed by atoms with Gasteiger partial charge in [0.2, 0.25) is 0 Å². The Bertz CT molecular complexity index is 1090. The summed E-state index contributed by atoms with van der Waals surface area (Å²) in [4.78, 5) is 2.76. The smallest absolute Gasteiger partial charge is 0.171 e. The second-order valence-electron chi connectivity index (χ2n) is 15.5. The molecule has 6 aliphatic carbocycles. The minimum absolute atomic E-state index is 0.186. The van der Waals surface area contributed by atoms with Gasteiger partial charge >= 0.3 is 0 Å². The SMILES string of the molecule is CC#CC1(O)CCC2C3CCC4(O)CC5(CCC4=C3C(C3CCC(N(C)C4CCCCC4)CC3)CC21C)OCCO5. The van der Waals surface area contributed by atoms with Gasteiger partial charge in [0.1, 0.15) is 5.60 Å². The topological polar surface area (TPSA) is 62.2 Å². The van der Waals surface area contributed by atoms with Crippen LogP contribution in [0.3, 0.4) is 0 Å². The largest absolute Gasteiger partial charge is 0.385 e. The van der Waals surface area contributed by atoms with E-state index >= 15 is 0 Å². The third-order valence-corrected chi connectivity index (χ3v) is 13.8. The Morgan fingerprint density at radius 3 is 2.24 bits per heavy atom. The van der Waals surface area contributed by atoms with Crippen molar-refractivity contribution in [3.05, 3.63) is 11.1 Å². The second-order valence-corrected chi connectivity index (χ2v) is 15.5. The Hall–Kier alpha value is -0.900. The highest BCUT2D eigenvalue weighted by atomic mass is 16.7. The summed E-state index contributed by atoms with van der Waals surface area (Å²) in [6.07, 6.45) is 19.1. The van der Waals surface area contributed by atoms with Crippen molar-refractivity contribution in [2.45, 2.75) is 152 Å². The van der Waals surface area contributed by atoms with Gasteiger partial charge in [-0.25, -0.2) is 0 Å². The number of hydrogen-bond donors (Lipinski definition) is 2. The van der Waals surface area contributed by atoms with E-state index in [2.05, 4.69) is 30.7 Å². The lowest BCUT2D eigenvalue weighted by molar-refractivity contribution is -0.208. The maximum Gasteiger partial charge on any atom is 0.171 e. The van der Waals surface area contributed by atoms with E-state index in [-0.39, 0.29) is 5.41 Å². The van der Waals surface area contributed by atoms with E-state index in [1.807, 2.05) is 6.92 Å². The summed E-state index contributed by atoms with van der Waals surface area (Å²) in [7, 11) is 2.40. The van der Waals surface area contributed by atoms with Crippen LogP contribution in [0.4, 0.5) is 0 Å². The van der Waals surface area contributed by atoms with Crippen LogP contribution in [0.25, 0.3) is 0 Å². The van der Waals surface area contributed by atoms with Crippen LogP contribution in [-0.4, -0.2) is 64.4 Å². The molecule has 0 radical (unpaired) electrons. The minimum atomic E-state index is -0.894. The molecule has 0 amide bonds. The number of nitrogens with zero attached hydrogens (tertiary/aromatic N) is 1. The molecule has 41 heavy (non-hydrogen) atoms. The molecule has 1 saturated heterocycles. The standard InChI is InChI=1S/C36H55NO4/c1-4-17-35(39)19-15-30-28-14-18-34(38)24-36(40-21-22-41-36)20-16-31(34)32(28)29(23-33(30,35)2)25-10-12-27(13-11-25)37(3)26-8-6-5-7-9-26/h25-30,38-39H,5-16,18-24H2,1-3H3. The molecule has 1 heterocycles. The molecule has 0 aromatic heterocycles. The van der Waals surface area contributed by atoms with E-state index < -0.39 is 17.0 Å². The Balaban J connectivity index is 1.20. The first-order chi connectivity index (χ1) is 19.7. The van der Waals surface area contributed by atoms with Crippen LogP contribution >= 0.6 is 0 Å². The van der Waals surface area contributed by atoms with E-state index in [0.29, 0.717) is 49.3 Å². The molecule has 6 atom stereocenters. The van der Waals surface area contributed by atoms with Crippen molar-refractivity contribution in [1.29, 1.82) is 0 Å². The first kappa shape index (κ1) is 28.8.